The molecule has 1 aromatic rings. The Balaban J connectivity index is 2.13. The number of hydrogen-bond acceptors (Lipinski definition) is 3. The van der Waals surface area contributed by atoms with Gasteiger partial charge in [0.05, 0.1) is 5.56 Å². The molecule has 0 bridgehead atoms. The summed E-state index contributed by atoms with van der Waals surface area (Å²) in [7, 11) is 0. The van der Waals surface area contributed by atoms with E-state index in [1.807, 2.05) is 19.1 Å². The molecule has 1 aromatic carbocycles. The molecule has 3 nitrogen and oxygen atoms in total. The fourth-order valence-corrected chi connectivity index (χ4v) is 2.96. The third-order valence-corrected chi connectivity index (χ3v) is 4.25. The summed E-state index contributed by atoms with van der Waals surface area (Å²) in [5.41, 5.74) is 2.38. The van der Waals surface area contributed by atoms with Crippen LogP contribution in [0, 0.1) is 12.8 Å². The lowest BCUT2D eigenvalue weighted by Gasteiger charge is -2.23. The van der Waals surface area contributed by atoms with E-state index in [-0.39, 0.29) is 0 Å². The van der Waals surface area contributed by atoms with Gasteiger partial charge in [0, 0.05) is 11.7 Å². The van der Waals surface area contributed by atoms with E-state index in [0.717, 1.165) is 17.2 Å². The van der Waals surface area contributed by atoms with Crippen molar-refractivity contribution in [2.24, 2.45) is 5.92 Å². The highest BCUT2D eigenvalue weighted by Gasteiger charge is 2.22. The lowest BCUT2D eigenvalue weighted by Crippen LogP contribution is -2.24. The summed E-state index contributed by atoms with van der Waals surface area (Å²) in [5.74, 6) is 0.222. The molecule has 0 aromatic heterocycles. The summed E-state index contributed by atoms with van der Waals surface area (Å²) in [6.07, 6.45) is 5.23. The molecule has 1 saturated carbocycles. The summed E-state index contributed by atoms with van der Waals surface area (Å²) in [4.78, 5) is 11.5. The van der Waals surface area contributed by atoms with E-state index >= 15 is 0 Å². The zero-order valence-electron chi connectivity index (χ0n) is 11.4. The highest BCUT2D eigenvalue weighted by atomic mass is 35.5. The molecule has 19 heavy (non-hydrogen) atoms. The van der Waals surface area contributed by atoms with E-state index < -0.39 is 5.97 Å². The minimum absolute atomic E-state index is 0.420. The standard InChI is InChI=1S/C15H20ClNO2/c1-10-13(15(18)19-16)8-5-9-14(10)17-11(2)12-6-3-4-7-12/h5,8-9,11-12,17H,3-4,6-7H2,1-2H3. The minimum Gasteiger partial charge on any atom is -0.382 e. The molecule has 1 atom stereocenters. The van der Waals surface area contributed by atoms with Crippen LogP contribution in [-0.4, -0.2) is 12.0 Å². The fraction of sp³-hybridized carbons (Fsp3) is 0.533. The SMILES string of the molecule is Cc1c(NC(C)C2CCCC2)cccc1C(=O)OCl. The van der Waals surface area contributed by atoms with Crippen LogP contribution in [0.15, 0.2) is 18.2 Å². The number of nitrogens with one attached hydrogen (secondary N) is 1. The molecule has 0 spiro atoms. The highest BCUT2D eigenvalue weighted by molar-refractivity contribution is 6.16. The van der Waals surface area contributed by atoms with Crippen molar-refractivity contribution in [1.82, 2.24) is 0 Å². The molecule has 1 fully saturated rings. The van der Waals surface area contributed by atoms with E-state index in [9.17, 15) is 4.79 Å². The smallest absolute Gasteiger partial charge is 0.356 e. The summed E-state index contributed by atoms with van der Waals surface area (Å²) >= 11 is 5.15. The van der Waals surface area contributed by atoms with Crippen LogP contribution in [0.3, 0.4) is 0 Å². The molecule has 1 N–H and O–H groups in total. The second kappa shape index (κ2) is 6.29. The van der Waals surface area contributed by atoms with Gasteiger partial charge in [0.1, 0.15) is 11.9 Å². The van der Waals surface area contributed by atoms with E-state index in [2.05, 4.69) is 16.5 Å². The Kier molecular flexibility index (Phi) is 4.70. The highest BCUT2D eigenvalue weighted by Crippen LogP contribution is 2.30. The maximum Gasteiger partial charge on any atom is 0.356 e. The number of rotatable bonds is 4. The van der Waals surface area contributed by atoms with Gasteiger partial charge in [-0.2, -0.15) is 0 Å². The molecule has 0 amide bonds. The Morgan fingerprint density at radius 2 is 2.11 bits per heavy atom. The average molecular weight is 282 g/mol. The Labute approximate surface area is 119 Å². The average Bonchev–Trinajstić information content (AvgIpc) is 2.94. The van der Waals surface area contributed by atoms with Crippen molar-refractivity contribution in [1.29, 1.82) is 0 Å². The van der Waals surface area contributed by atoms with Crippen molar-refractivity contribution in [3.63, 3.8) is 0 Å². The van der Waals surface area contributed by atoms with Crippen LogP contribution < -0.4 is 5.32 Å². The first kappa shape index (κ1) is 14.2. The van der Waals surface area contributed by atoms with Gasteiger partial charge in [0.2, 0.25) is 0 Å². The second-order valence-corrected chi connectivity index (χ2v) is 5.47. The van der Waals surface area contributed by atoms with Crippen molar-refractivity contribution >= 4 is 23.5 Å². The summed E-state index contributed by atoms with van der Waals surface area (Å²) in [6.45, 7) is 4.12. The lowest BCUT2D eigenvalue weighted by molar-refractivity contribution is 0.0750. The topological polar surface area (TPSA) is 38.3 Å². The number of halogens is 1. The molecule has 0 saturated heterocycles. The fourth-order valence-electron chi connectivity index (χ4n) is 2.88. The van der Waals surface area contributed by atoms with Crippen LogP contribution in [0.4, 0.5) is 5.69 Å². The Bertz CT molecular complexity index is 455. The molecule has 0 heterocycles. The molecular weight excluding hydrogens is 262 g/mol. The van der Waals surface area contributed by atoms with Crippen LogP contribution in [-0.2, 0) is 4.29 Å². The van der Waals surface area contributed by atoms with Crippen LogP contribution >= 0.6 is 11.9 Å². The number of benzene rings is 1. The maximum absolute atomic E-state index is 11.5. The molecule has 0 radical (unpaired) electrons. The molecule has 0 aliphatic heterocycles. The van der Waals surface area contributed by atoms with Gasteiger partial charge in [-0.15, -0.1) is 0 Å². The second-order valence-electron chi connectivity index (χ2n) is 5.32. The van der Waals surface area contributed by atoms with Gasteiger partial charge in [-0.05, 0) is 50.3 Å². The zero-order chi connectivity index (χ0) is 13.8. The molecule has 2 rings (SSSR count). The van der Waals surface area contributed by atoms with Gasteiger partial charge >= 0.3 is 5.97 Å². The van der Waals surface area contributed by atoms with Crippen LogP contribution in [0.25, 0.3) is 0 Å². The number of anilines is 1. The Morgan fingerprint density at radius 1 is 1.42 bits per heavy atom. The summed E-state index contributed by atoms with van der Waals surface area (Å²) < 4.78 is 4.28. The van der Waals surface area contributed by atoms with Crippen LogP contribution in [0.2, 0.25) is 0 Å². The normalized spacial score (nSPS) is 17.2. The van der Waals surface area contributed by atoms with Gasteiger partial charge in [-0.3, -0.25) is 0 Å². The van der Waals surface area contributed by atoms with Gasteiger partial charge in [-0.25, -0.2) is 4.79 Å². The quantitative estimate of drug-likeness (QED) is 0.894. The van der Waals surface area contributed by atoms with Gasteiger partial charge in [-0.1, -0.05) is 18.9 Å². The number of carbonyl (C=O) groups excluding carboxylic acids is 1. The minimum atomic E-state index is -0.503. The molecule has 4 heteroatoms. The van der Waals surface area contributed by atoms with Crippen molar-refractivity contribution in [3.05, 3.63) is 29.3 Å². The maximum atomic E-state index is 11.5. The van der Waals surface area contributed by atoms with Crippen molar-refractivity contribution < 1.29 is 9.08 Å². The summed E-state index contributed by atoms with van der Waals surface area (Å²) in [5, 5.41) is 3.52. The first-order valence-corrected chi connectivity index (χ1v) is 7.13. The van der Waals surface area contributed by atoms with E-state index in [4.69, 9.17) is 11.9 Å². The number of hydrogen-bond donors (Lipinski definition) is 1. The van der Waals surface area contributed by atoms with E-state index in [0.29, 0.717) is 11.6 Å². The Morgan fingerprint density at radius 3 is 2.74 bits per heavy atom. The molecular formula is C15H20ClNO2. The van der Waals surface area contributed by atoms with E-state index in [1.165, 1.54) is 25.7 Å². The van der Waals surface area contributed by atoms with Crippen molar-refractivity contribution in [3.8, 4) is 0 Å². The van der Waals surface area contributed by atoms with Gasteiger partial charge < -0.3 is 9.61 Å². The molecule has 1 aliphatic rings. The lowest BCUT2D eigenvalue weighted by atomic mass is 9.98. The zero-order valence-corrected chi connectivity index (χ0v) is 12.2. The molecule has 104 valence electrons. The largest absolute Gasteiger partial charge is 0.382 e. The summed E-state index contributed by atoms with van der Waals surface area (Å²) in [6, 6.07) is 5.99. The third kappa shape index (κ3) is 3.21. The van der Waals surface area contributed by atoms with Crippen molar-refractivity contribution in [2.45, 2.75) is 45.6 Å². The van der Waals surface area contributed by atoms with Gasteiger partial charge in [0.25, 0.3) is 0 Å². The predicted molar refractivity (Wildman–Crippen MR) is 77.5 cm³/mol. The van der Waals surface area contributed by atoms with Crippen molar-refractivity contribution in [2.75, 3.05) is 5.32 Å². The third-order valence-electron chi connectivity index (χ3n) is 4.11. The first-order chi connectivity index (χ1) is 9.13. The first-order valence-electron chi connectivity index (χ1n) is 6.82. The van der Waals surface area contributed by atoms with Gasteiger partial charge in [0.15, 0.2) is 0 Å². The monoisotopic (exact) mass is 281 g/mol. The number of carbonyl (C=O) groups is 1. The molecule has 1 unspecified atom stereocenters. The van der Waals surface area contributed by atoms with Crippen LogP contribution in [0.5, 0.6) is 0 Å². The molecule has 1 aliphatic carbocycles. The van der Waals surface area contributed by atoms with E-state index in [1.54, 1.807) is 6.07 Å². The van der Waals surface area contributed by atoms with Crippen LogP contribution in [0.1, 0.15) is 48.5 Å². The Hall–Kier alpha value is -1.22. The predicted octanol–water partition coefficient (Wildman–Crippen LogP) is 4.30.